The summed E-state index contributed by atoms with van der Waals surface area (Å²) in [6, 6.07) is 5.44. The van der Waals surface area contributed by atoms with E-state index < -0.39 is 17.8 Å². The number of hydrogen-bond donors (Lipinski definition) is 1. The fourth-order valence-electron chi connectivity index (χ4n) is 2.06. The molecular weight excluding hydrogens is 267 g/mol. The van der Waals surface area contributed by atoms with E-state index >= 15 is 0 Å². The summed E-state index contributed by atoms with van der Waals surface area (Å²) in [6.07, 6.45) is 0. The van der Waals surface area contributed by atoms with Crippen molar-refractivity contribution in [3.05, 3.63) is 35.1 Å². The molecule has 1 atom stereocenters. The predicted molar refractivity (Wildman–Crippen MR) is 70.3 cm³/mol. The van der Waals surface area contributed by atoms with Gasteiger partial charge in [-0.3, -0.25) is 9.69 Å². The third-order valence-electron chi connectivity index (χ3n) is 3.09. The fraction of sp³-hybridized carbons (Fsp3) is 0.385. The van der Waals surface area contributed by atoms with Gasteiger partial charge in [-0.1, -0.05) is 6.07 Å². The van der Waals surface area contributed by atoms with Gasteiger partial charge in [0.1, 0.15) is 11.9 Å². The number of nitrogens with zero attached hydrogens (tertiary/aromatic N) is 2. The molecule has 1 aliphatic heterocycles. The lowest BCUT2D eigenvalue weighted by Crippen LogP contribution is -2.46. The number of carboxylic acid groups (broad SMARTS) is 1. The highest BCUT2D eigenvalue weighted by molar-refractivity contribution is 7.99. The Bertz CT molecular complexity index is 530. The van der Waals surface area contributed by atoms with Gasteiger partial charge in [-0.2, -0.15) is 17.0 Å². The van der Waals surface area contributed by atoms with E-state index in [2.05, 4.69) is 0 Å². The SMILES string of the molecule is N#Cc1cc(F)ccc1CN1CCSCC1C(=O)O. The minimum Gasteiger partial charge on any atom is -0.480 e. The molecule has 1 aromatic rings. The number of hydrogen-bond acceptors (Lipinski definition) is 4. The van der Waals surface area contributed by atoms with E-state index in [0.29, 0.717) is 24.4 Å². The Morgan fingerprint density at radius 3 is 3.11 bits per heavy atom. The summed E-state index contributed by atoms with van der Waals surface area (Å²) in [5, 5.41) is 18.2. The van der Waals surface area contributed by atoms with Crippen molar-refractivity contribution in [3.63, 3.8) is 0 Å². The van der Waals surface area contributed by atoms with Crippen LogP contribution in [0.25, 0.3) is 0 Å². The van der Waals surface area contributed by atoms with Crippen LogP contribution in [0.4, 0.5) is 4.39 Å². The maximum atomic E-state index is 13.1. The normalized spacial score (nSPS) is 19.9. The summed E-state index contributed by atoms with van der Waals surface area (Å²) in [5.74, 6) is 0.0998. The fourth-order valence-corrected chi connectivity index (χ4v) is 3.17. The molecule has 19 heavy (non-hydrogen) atoms. The summed E-state index contributed by atoms with van der Waals surface area (Å²) >= 11 is 1.61. The number of halogens is 1. The Labute approximate surface area is 114 Å². The molecule has 1 aromatic carbocycles. The molecule has 0 saturated carbocycles. The van der Waals surface area contributed by atoms with Crippen LogP contribution in [0.1, 0.15) is 11.1 Å². The van der Waals surface area contributed by atoms with Gasteiger partial charge in [-0.25, -0.2) is 4.39 Å². The van der Waals surface area contributed by atoms with Crippen LogP contribution in [0.5, 0.6) is 0 Å². The average Bonchev–Trinajstić information content (AvgIpc) is 2.41. The number of carboxylic acids is 1. The third-order valence-corrected chi connectivity index (χ3v) is 4.11. The van der Waals surface area contributed by atoms with E-state index in [9.17, 15) is 14.3 Å². The molecule has 0 bridgehead atoms. The first-order chi connectivity index (χ1) is 9.11. The lowest BCUT2D eigenvalue weighted by Gasteiger charge is -2.32. The highest BCUT2D eigenvalue weighted by atomic mass is 32.2. The largest absolute Gasteiger partial charge is 0.480 e. The first kappa shape index (κ1) is 13.8. The summed E-state index contributed by atoms with van der Waals surface area (Å²) < 4.78 is 13.1. The number of aliphatic carboxylic acids is 1. The second-order valence-electron chi connectivity index (χ2n) is 4.31. The van der Waals surface area contributed by atoms with Crippen molar-refractivity contribution in [1.82, 2.24) is 4.90 Å². The molecule has 0 spiro atoms. The number of thioether (sulfide) groups is 1. The molecule has 1 heterocycles. The van der Waals surface area contributed by atoms with E-state index in [1.165, 1.54) is 12.1 Å². The molecule has 1 fully saturated rings. The van der Waals surface area contributed by atoms with Crippen molar-refractivity contribution in [2.45, 2.75) is 12.6 Å². The van der Waals surface area contributed by atoms with Crippen molar-refractivity contribution < 1.29 is 14.3 Å². The minimum absolute atomic E-state index is 0.266. The predicted octanol–water partition coefficient (Wildman–Crippen LogP) is 1.70. The molecule has 0 amide bonds. The van der Waals surface area contributed by atoms with Crippen LogP contribution in [0, 0.1) is 17.1 Å². The zero-order valence-electron chi connectivity index (χ0n) is 10.2. The van der Waals surface area contributed by atoms with Gasteiger partial charge in [0.25, 0.3) is 0 Å². The van der Waals surface area contributed by atoms with Crippen molar-refractivity contribution in [2.75, 3.05) is 18.1 Å². The molecule has 6 heteroatoms. The number of nitriles is 1. The molecule has 100 valence electrons. The van der Waals surface area contributed by atoms with Crippen LogP contribution in [0.3, 0.4) is 0 Å². The number of benzene rings is 1. The van der Waals surface area contributed by atoms with Gasteiger partial charge >= 0.3 is 5.97 Å². The first-order valence-electron chi connectivity index (χ1n) is 5.85. The highest BCUT2D eigenvalue weighted by Crippen LogP contribution is 2.21. The van der Waals surface area contributed by atoms with Gasteiger partial charge in [0.15, 0.2) is 0 Å². The summed E-state index contributed by atoms with van der Waals surface area (Å²) in [7, 11) is 0. The van der Waals surface area contributed by atoms with E-state index in [0.717, 1.165) is 5.75 Å². The van der Waals surface area contributed by atoms with Gasteiger partial charge in [-0.05, 0) is 17.7 Å². The Morgan fingerprint density at radius 2 is 2.42 bits per heavy atom. The molecule has 0 aliphatic carbocycles. The number of carbonyl (C=O) groups is 1. The molecule has 2 rings (SSSR count). The Morgan fingerprint density at radius 1 is 1.63 bits per heavy atom. The molecule has 1 N–H and O–H groups in total. The van der Waals surface area contributed by atoms with Gasteiger partial charge in [0.2, 0.25) is 0 Å². The second-order valence-corrected chi connectivity index (χ2v) is 5.46. The van der Waals surface area contributed by atoms with Crippen LogP contribution in [-0.4, -0.2) is 40.1 Å². The maximum Gasteiger partial charge on any atom is 0.321 e. The zero-order valence-corrected chi connectivity index (χ0v) is 11.0. The highest BCUT2D eigenvalue weighted by Gasteiger charge is 2.29. The molecule has 1 saturated heterocycles. The molecule has 1 aliphatic rings. The van der Waals surface area contributed by atoms with Crippen LogP contribution < -0.4 is 0 Å². The quantitative estimate of drug-likeness (QED) is 0.913. The summed E-state index contributed by atoms with van der Waals surface area (Å²) in [5.41, 5.74) is 0.935. The smallest absolute Gasteiger partial charge is 0.321 e. The Hall–Kier alpha value is -1.58. The van der Waals surface area contributed by atoms with Gasteiger partial charge in [0.05, 0.1) is 11.6 Å². The lowest BCUT2D eigenvalue weighted by atomic mass is 10.1. The zero-order chi connectivity index (χ0) is 13.8. The van der Waals surface area contributed by atoms with Crippen LogP contribution in [-0.2, 0) is 11.3 Å². The average molecular weight is 280 g/mol. The van der Waals surface area contributed by atoms with Crippen molar-refractivity contribution in [2.24, 2.45) is 0 Å². The molecule has 1 unspecified atom stereocenters. The Kier molecular flexibility index (Phi) is 4.40. The Balaban J connectivity index is 2.20. The molecule has 0 aromatic heterocycles. The number of rotatable bonds is 3. The van der Waals surface area contributed by atoms with E-state index in [1.807, 2.05) is 11.0 Å². The van der Waals surface area contributed by atoms with Crippen LogP contribution in [0.2, 0.25) is 0 Å². The van der Waals surface area contributed by atoms with Crippen molar-refractivity contribution >= 4 is 17.7 Å². The third kappa shape index (κ3) is 3.25. The molecule has 0 radical (unpaired) electrons. The standard InChI is InChI=1S/C13H13FN2O2S/c14-11-2-1-9(10(5-11)6-15)7-16-3-4-19-8-12(16)13(17)18/h1-2,5,12H,3-4,7-8H2,(H,17,18). The molecule has 4 nitrogen and oxygen atoms in total. The van der Waals surface area contributed by atoms with Crippen molar-refractivity contribution in [3.8, 4) is 6.07 Å². The minimum atomic E-state index is -0.854. The van der Waals surface area contributed by atoms with E-state index in [4.69, 9.17) is 5.26 Å². The first-order valence-corrected chi connectivity index (χ1v) is 7.00. The molecular formula is C13H13FN2O2S. The summed E-state index contributed by atoms with van der Waals surface area (Å²) in [4.78, 5) is 13.0. The van der Waals surface area contributed by atoms with Crippen LogP contribution in [0.15, 0.2) is 18.2 Å². The van der Waals surface area contributed by atoms with Gasteiger partial charge < -0.3 is 5.11 Å². The van der Waals surface area contributed by atoms with Gasteiger partial charge in [0, 0.05) is 24.6 Å². The van der Waals surface area contributed by atoms with Crippen molar-refractivity contribution in [1.29, 1.82) is 5.26 Å². The van der Waals surface area contributed by atoms with Gasteiger partial charge in [-0.15, -0.1) is 0 Å². The second kappa shape index (κ2) is 6.04. The van der Waals surface area contributed by atoms with Crippen LogP contribution >= 0.6 is 11.8 Å². The van der Waals surface area contributed by atoms with E-state index in [-0.39, 0.29) is 5.56 Å². The lowest BCUT2D eigenvalue weighted by molar-refractivity contribution is -0.142. The topological polar surface area (TPSA) is 64.3 Å². The summed E-state index contributed by atoms with van der Waals surface area (Å²) in [6.45, 7) is 1.02. The monoisotopic (exact) mass is 280 g/mol. The van der Waals surface area contributed by atoms with E-state index in [1.54, 1.807) is 17.8 Å². The maximum absolute atomic E-state index is 13.1.